The fourth-order valence-corrected chi connectivity index (χ4v) is 3.24. The number of hydrogen-bond acceptors (Lipinski definition) is 3. The van der Waals surface area contributed by atoms with Crippen LogP contribution in [0.3, 0.4) is 0 Å². The largest absolute Gasteiger partial charge is 0.489 e. The molecule has 1 heterocycles. The Kier molecular flexibility index (Phi) is 5.76. The van der Waals surface area contributed by atoms with E-state index in [0.29, 0.717) is 6.04 Å². The van der Waals surface area contributed by atoms with Crippen molar-refractivity contribution in [3.05, 3.63) is 60.2 Å². The molecule has 1 aliphatic rings. The summed E-state index contributed by atoms with van der Waals surface area (Å²) in [4.78, 5) is 2.55. The number of likely N-dealkylation sites (tertiary alicyclic amines) is 1. The summed E-state index contributed by atoms with van der Waals surface area (Å²) in [7, 11) is 0. The Hall–Kier alpha value is -2.00. The van der Waals surface area contributed by atoms with Crippen molar-refractivity contribution in [3.8, 4) is 5.75 Å². The van der Waals surface area contributed by atoms with Gasteiger partial charge in [0.25, 0.3) is 0 Å². The molecular formula is C21H28N2O. The van der Waals surface area contributed by atoms with Crippen LogP contribution in [0.25, 0.3) is 0 Å². The number of para-hydroxylation sites is 2. The number of hydrogen-bond donors (Lipinski definition) is 1. The molecule has 0 aromatic heterocycles. The SMILES string of the molecule is CC(C)Oc1ccccc1NC1CCN(Cc2ccccc2)CC1. The monoisotopic (exact) mass is 324 g/mol. The molecule has 0 aliphatic carbocycles. The van der Waals surface area contributed by atoms with Crippen LogP contribution in [0.1, 0.15) is 32.3 Å². The Morgan fingerprint density at radius 1 is 1.00 bits per heavy atom. The molecule has 2 aromatic carbocycles. The van der Waals surface area contributed by atoms with Crippen LogP contribution in [-0.2, 0) is 6.54 Å². The molecular weight excluding hydrogens is 296 g/mol. The van der Waals surface area contributed by atoms with Crippen LogP contribution in [0.4, 0.5) is 5.69 Å². The number of benzene rings is 2. The maximum absolute atomic E-state index is 5.91. The molecule has 3 heteroatoms. The van der Waals surface area contributed by atoms with E-state index in [0.717, 1.165) is 31.1 Å². The summed E-state index contributed by atoms with van der Waals surface area (Å²) in [5.41, 5.74) is 2.52. The highest BCUT2D eigenvalue weighted by Crippen LogP contribution is 2.27. The third-order valence-corrected chi connectivity index (χ3v) is 4.45. The first-order valence-electron chi connectivity index (χ1n) is 8.99. The number of nitrogens with zero attached hydrogens (tertiary/aromatic N) is 1. The number of ether oxygens (including phenoxy) is 1. The lowest BCUT2D eigenvalue weighted by molar-refractivity contribution is 0.210. The van der Waals surface area contributed by atoms with E-state index in [2.05, 4.69) is 66.5 Å². The van der Waals surface area contributed by atoms with Gasteiger partial charge in [0.15, 0.2) is 0 Å². The molecule has 0 spiro atoms. The van der Waals surface area contributed by atoms with Gasteiger partial charge in [0.1, 0.15) is 5.75 Å². The maximum Gasteiger partial charge on any atom is 0.142 e. The second-order valence-electron chi connectivity index (χ2n) is 6.84. The molecule has 0 amide bonds. The Labute approximate surface area is 145 Å². The first-order valence-corrected chi connectivity index (χ1v) is 8.99. The van der Waals surface area contributed by atoms with Crippen molar-refractivity contribution in [2.75, 3.05) is 18.4 Å². The van der Waals surface area contributed by atoms with Gasteiger partial charge in [-0.3, -0.25) is 4.90 Å². The first-order chi connectivity index (χ1) is 11.7. The molecule has 3 rings (SSSR count). The minimum Gasteiger partial charge on any atom is -0.489 e. The van der Waals surface area contributed by atoms with E-state index < -0.39 is 0 Å². The highest BCUT2D eigenvalue weighted by Gasteiger charge is 2.20. The predicted octanol–water partition coefficient (Wildman–Crippen LogP) is 4.55. The van der Waals surface area contributed by atoms with E-state index in [9.17, 15) is 0 Å². The minimum atomic E-state index is 0.195. The molecule has 1 saturated heterocycles. The summed E-state index contributed by atoms with van der Waals surface area (Å²) in [6.45, 7) is 7.47. The Morgan fingerprint density at radius 3 is 2.38 bits per heavy atom. The van der Waals surface area contributed by atoms with Gasteiger partial charge >= 0.3 is 0 Å². The second kappa shape index (κ2) is 8.20. The molecule has 0 atom stereocenters. The Bertz CT molecular complexity index is 619. The van der Waals surface area contributed by atoms with E-state index >= 15 is 0 Å². The van der Waals surface area contributed by atoms with E-state index in [-0.39, 0.29) is 6.10 Å². The zero-order valence-electron chi connectivity index (χ0n) is 14.7. The highest BCUT2D eigenvalue weighted by molar-refractivity contribution is 5.56. The van der Waals surface area contributed by atoms with E-state index in [4.69, 9.17) is 4.74 Å². The van der Waals surface area contributed by atoms with Crippen molar-refractivity contribution in [2.24, 2.45) is 0 Å². The maximum atomic E-state index is 5.91. The van der Waals surface area contributed by atoms with Crippen LogP contribution >= 0.6 is 0 Å². The van der Waals surface area contributed by atoms with Gasteiger partial charge in [-0.25, -0.2) is 0 Å². The summed E-state index contributed by atoms with van der Waals surface area (Å²) in [6.07, 6.45) is 2.53. The smallest absolute Gasteiger partial charge is 0.142 e. The third-order valence-electron chi connectivity index (χ3n) is 4.45. The van der Waals surface area contributed by atoms with Crippen molar-refractivity contribution in [1.29, 1.82) is 0 Å². The molecule has 0 bridgehead atoms. The highest BCUT2D eigenvalue weighted by atomic mass is 16.5. The topological polar surface area (TPSA) is 24.5 Å². The van der Waals surface area contributed by atoms with Gasteiger partial charge in [-0.1, -0.05) is 42.5 Å². The molecule has 3 nitrogen and oxygen atoms in total. The normalized spacial score (nSPS) is 16.3. The molecule has 1 aliphatic heterocycles. The molecule has 0 radical (unpaired) electrons. The fraction of sp³-hybridized carbons (Fsp3) is 0.429. The standard InChI is InChI=1S/C21H28N2O/c1-17(2)24-21-11-7-6-10-20(21)22-19-12-14-23(15-13-19)16-18-8-4-3-5-9-18/h3-11,17,19,22H,12-16H2,1-2H3. The number of nitrogens with one attached hydrogen (secondary N) is 1. The lowest BCUT2D eigenvalue weighted by atomic mass is 10.0. The average Bonchev–Trinajstić information content (AvgIpc) is 2.59. The quantitative estimate of drug-likeness (QED) is 0.843. The molecule has 0 unspecified atom stereocenters. The van der Waals surface area contributed by atoms with Crippen LogP contribution in [-0.4, -0.2) is 30.1 Å². The third kappa shape index (κ3) is 4.75. The van der Waals surface area contributed by atoms with Gasteiger partial charge in [0.2, 0.25) is 0 Å². The van der Waals surface area contributed by atoms with Gasteiger partial charge in [-0.2, -0.15) is 0 Å². The van der Waals surface area contributed by atoms with Crippen LogP contribution < -0.4 is 10.1 Å². The average molecular weight is 324 g/mol. The van der Waals surface area contributed by atoms with Crippen LogP contribution in [0, 0.1) is 0 Å². The van der Waals surface area contributed by atoms with E-state index in [1.165, 1.54) is 18.4 Å². The van der Waals surface area contributed by atoms with Crippen LogP contribution in [0.5, 0.6) is 5.75 Å². The molecule has 24 heavy (non-hydrogen) atoms. The zero-order valence-corrected chi connectivity index (χ0v) is 14.7. The van der Waals surface area contributed by atoms with E-state index in [1.807, 2.05) is 12.1 Å². The molecule has 0 saturated carbocycles. The molecule has 1 N–H and O–H groups in total. The number of anilines is 1. The molecule has 2 aromatic rings. The zero-order chi connectivity index (χ0) is 16.8. The van der Waals surface area contributed by atoms with Crippen molar-refractivity contribution in [1.82, 2.24) is 4.90 Å². The summed E-state index contributed by atoms with van der Waals surface area (Å²) in [5.74, 6) is 0.958. The fourth-order valence-electron chi connectivity index (χ4n) is 3.24. The van der Waals surface area contributed by atoms with Crippen molar-refractivity contribution < 1.29 is 4.74 Å². The Morgan fingerprint density at radius 2 is 1.67 bits per heavy atom. The van der Waals surface area contributed by atoms with Crippen molar-refractivity contribution >= 4 is 5.69 Å². The summed E-state index contributed by atoms with van der Waals surface area (Å²) in [5, 5.41) is 3.69. The summed E-state index contributed by atoms with van der Waals surface area (Å²) < 4.78 is 5.91. The van der Waals surface area contributed by atoms with E-state index in [1.54, 1.807) is 0 Å². The summed E-state index contributed by atoms with van der Waals surface area (Å²) in [6, 6.07) is 19.5. The van der Waals surface area contributed by atoms with Gasteiger partial charge in [-0.05, 0) is 44.4 Å². The Balaban J connectivity index is 1.52. The number of rotatable bonds is 6. The second-order valence-corrected chi connectivity index (χ2v) is 6.84. The van der Waals surface area contributed by atoms with Gasteiger partial charge < -0.3 is 10.1 Å². The van der Waals surface area contributed by atoms with Gasteiger partial charge in [-0.15, -0.1) is 0 Å². The lowest BCUT2D eigenvalue weighted by Crippen LogP contribution is -2.38. The summed E-state index contributed by atoms with van der Waals surface area (Å²) >= 11 is 0. The minimum absolute atomic E-state index is 0.195. The first kappa shape index (κ1) is 16.8. The van der Waals surface area contributed by atoms with Gasteiger partial charge in [0.05, 0.1) is 11.8 Å². The van der Waals surface area contributed by atoms with Crippen LogP contribution in [0.15, 0.2) is 54.6 Å². The van der Waals surface area contributed by atoms with Crippen molar-refractivity contribution in [3.63, 3.8) is 0 Å². The predicted molar refractivity (Wildman–Crippen MR) is 101 cm³/mol. The molecule has 1 fully saturated rings. The van der Waals surface area contributed by atoms with Gasteiger partial charge in [0, 0.05) is 25.7 Å². The van der Waals surface area contributed by atoms with Crippen molar-refractivity contribution in [2.45, 2.75) is 45.4 Å². The lowest BCUT2D eigenvalue weighted by Gasteiger charge is -2.33. The molecule has 128 valence electrons. The number of piperidine rings is 1. The van der Waals surface area contributed by atoms with Crippen LogP contribution in [0.2, 0.25) is 0 Å².